The molecule has 0 aliphatic rings. The van der Waals surface area contributed by atoms with E-state index < -0.39 is 0 Å². The zero-order valence-electron chi connectivity index (χ0n) is 11.0. The normalized spacial score (nSPS) is 10.4. The Morgan fingerprint density at radius 2 is 2.05 bits per heavy atom. The SMILES string of the molecule is CN(CCc1ccccc1)C(=O)Cn1ccc(N)n1. The van der Waals surface area contributed by atoms with E-state index in [2.05, 4.69) is 17.2 Å². The summed E-state index contributed by atoms with van der Waals surface area (Å²) in [6, 6.07) is 11.8. The van der Waals surface area contributed by atoms with E-state index in [1.165, 1.54) is 5.56 Å². The first-order chi connectivity index (χ1) is 9.15. The third-order valence-electron chi connectivity index (χ3n) is 2.96. The van der Waals surface area contributed by atoms with Crippen molar-refractivity contribution in [3.8, 4) is 0 Å². The van der Waals surface area contributed by atoms with Crippen LogP contribution in [0.15, 0.2) is 42.6 Å². The van der Waals surface area contributed by atoms with Gasteiger partial charge in [-0.05, 0) is 18.1 Å². The first-order valence-corrected chi connectivity index (χ1v) is 6.22. The van der Waals surface area contributed by atoms with E-state index in [0.717, 1.165) is 6.42 Å². The lowest BCUT2D eigenvalue weighted by atomic mass is 10.1. The summed E-state index contributed by atoms with van der Waals surface area (Å²) in [5, 5.41) is 4.00. The second-order valence-corrected chi connectivity index (χ2v) is 4.49. The number of rotatable bonds is 5. The van der Waals surface area contributed by atoms with Gasteiger partial charge < -0.3 is 10.6 Å². The maximum Gasteiger partial charge on any atom is 0.244 e. The van der Waals surface area contributed by atoms with Crippen LogP contribution < -0.4 is 5.73 Å². The van der Waals surface area contributed by atoms with Crippen LogP contribution in [0.1, 0.15) is 5.56 Å². The van der Waals surface area contributed by atoms with Crippen molar-refractivity contribution in [3.63, 3.8) is 0 Å². The number of nitrogens with two attached hydrogens (primary N) is 1. The van der Waals surface area contributed by atoms with Crippen LogP contribution in [0.3, 0.4) is 0 Å². The van der Waals surface area contributed by atoms with Crippen LogP contribution in [0.2, 0.25) is 0 Å². The quantitative estimate of drug-likeness (QED) is 0.875. The Morgan fingerprint density at radius 3 is 2.68 bits per heavy atom. The maximum atomic E-state index is 12.0. The fourth-order valence-corrected chi connectivity index (χ4v) is 1.79. The molecule has 1 heterocycles. The standard InChI is InChI=1S/C14H18N4O/c1-17(9-7-12-5-3-2-4-6-12)14(19)11-18-10-8-13(15)16-18/h2-6,8,10H,7,9,11H2,1H3,(H2,15,16). The summed E-state index contributed by atoms with van der Waals surface area (Å²) in [7, 11) is 1.80. The van der Waals surface area contributed by atoms with E-state index in [1.807, 2.05) is 18.2 Å². The second-order valence-electron chi connectivity index (χ2n) is 4.49. The number of carbonyl (C=O) groups excluding carboxylic acids is 1. The van der Waals surface area contributed by atoms with E-state index >= 15 is 0 Å². The van der Waals surface area contributed by atoms with Crippen molar-refractivity contribution >= 4 is 11.7 Å². The Balaban J connectivity index is 1.82. The number of amides is 1. The molecule has 0 atom stereocenters. The number of carbonyl (C=O) groups is 1. The van der Waals surface area contributed by atoms with Crippen molar-refractivity contribution < 1.29 is 4.79 Å². The molecule has 5 heteroatoms. The molecule has 0 radical (unpaired) electrons. The molecule has 0 spiro atoms. The Kier molecular flexibility index (Phi) is 4.18. The minimum Gasteiger partial charge on any atom is -0.382 e. The average Bonchev–Trinajstić information content (AvgIpc) is 2.82. The van der Waals surface area contributed by atoms with Crippen LogP contribution in [-0.4, -0.2) is 34.2 Å². The molecule has 0 saturated carbocycles. The van der Waals surface area contributed by atoms with Gasteiger partial charge in [0.1, 0.15) is 12.4 Å². The number of hydrogen-bond acceptors (Lipinski definition) is 3. The van der Waals surface area contributed by atoms with Gasteiger partial charge in [0.15, 0.2) is 0 Å². The molecular formula is C14H18N4O. The highest BCUT2D eigenvalue weighted by Gasteiger charge is 2.09. The van der Waals surface area contributed by atoms with Gasteiger partial charge in [0, 0.05) is 19.8 Å². The molecular weight excluding hydrogens is 240 g/mol. The predicted octanol–water partition coefficient (Wildman–Crippen LogP) is 1.17. The molecule has 0 fully saturated rings. The van der Waals surface area contributed by atoms with Crippen LogP contribution >= 0.6 is 0 Å². The molecule has 100 valence electrons. The van der Waals surface area contributed by atoms with E-state index in [0.29, 0.717) is 12.4 Å². The number of benzene rings is 1. The lowest BCUT2D eigenvalue weighted by Gasteiger charge is -2.17. The number of likely N-dealkylation sites (N-methyl/N-ethyl adjacent to an activating group) is 1. The van der Waals surface area contributed by atoms with Crippen LogP contribution in [0, 0.1) is 0 Å². The number of nitrogens with zero attached hydrogens (tertiary/aromatic N) is 3. The van der Waals surface area contributed by atoms with Gasteiger partial charge >= 0.3 is 0 Å². The Labute approximate surface area is 112 Å². The third-order valence-corrected chi connectivity index (χ3v) is 2.96. The van der Waals surface area contributed by atoms with E-state index in [-0.39, 0.29) is 12.5 Å². The lowest BCUT2D eigenvalue weighted by Crippen LogP contribution is -2.32. The minimum absolute atomic E-state index is 0.0269. The molecule has 19 heavy (non-hydrogen) atoms. The molecule has 0 aliphatic heterocycles. The van der Waals surface area contributed by atoms with Crippen LogP contribution in [0.4, 0.5) is 5.82 Å². The molecule has 1 aromatic carbocycles. The average molecular weight is 258 g/mol. The first-order valence-electron chi connectivity index (χ1n) is 6.22. The largest absolute Gasteiger partial charge is 0.382 e. The van der Waals surface area contributed by atoms with Crippen LogP contribution in [-0.2, 0) is 17.8 Å². The highest BCUT2D eigenvalue weighted by Crippen LogP contribution is 2.02. The third kappa shape index (κ3) is 3.84. The number of aromatic nitrogens is 2. The van der Waals surface area contributed by atoms with Gasteiger partial charge in [-0.25, -0.2) is 0 Å². The number of nitrogen functional groups attached to an aromatic ring is 1. The van der Waals surface area contributed by atoms with E-state index in [4.69, 9.17) is 5.73 Å². The van der Waals surface area contributed by atoms with E-state index in [1.54, 1.807) is 28.9 Å². The van der Waals surface area contributed by atoms with Gasteiger partial charge in [-0.1, -0.05) is 30.3 Å². The summed E-state index contributed by atoms with van der Waals surface area (Å²) in [5.41, 5.74) is 6.74. The molecule has 0 aliphatic carbocycles. The molecule has 2 N–H and O–H groups in total. The summed E-state index contributed by atoms with van der Waals surface area (Å²) in [6.45, 7) is 0.919. The fraction of sp³-hybridized carbons (Fsp3) is 0.286. The topological polar surface area (TPSA) is 64.2 Å². The number of hydrogen-bond donors (Lipinski definition) is 1. The minimum atomic E-state index is 0.0269. The van der Waals surface area contributed by atoms with Gasteiger partial charge in [0.2, 0.25) is 5.91 Å². The summed E-state index contributed by atoms with van der Waals surface area (Å²) in [6.07, 6.45) is 2.56. The molecule has 1 aromatic heterocycles. The highest BCUT2D eigenvalue weighted by atomic mass is 16.2. The van der Waals surface area contributed by atoms with Gasteiger partial charge in [-0.15, -0.1) is 0 Å². The van der Waals surface area contributed by atoms with Crippen molar-refractivity contribution in [2.24, 2.45) is 0 Å². The lowest BCUT2D eigenvalue weighted by molar-refractivity contribution is -0.130. The molecule has 0 saturated heterocycles. The van der Waals surface area contributed by atoms with Crippen molar-refractivity contribution in [2.45, 2.75) is 13.0 Å². The van der Waals surface area contributed by atoms with E-state index in [9.17, 15) is 4.79 Å². The van der Waals surface area contributed by atoms with Crippen LogP contribution in [0.25, 0.3) is 0 Å². The van der Waals surface area contributed by atoms with Crippen LogP contribution in [0.5, 0.6) is 0 Å². The highest BCUT2D eigenvalue weighted by molar-refractivity contribution is 5.75. The molecule has 0 bridgehead atoms. The summed E-state index contributed by atoms with van der Waals surface area (Å²) < 4.78 is 1.55. The number of anilines is 1. The molecule has 1 amide bonds. The Morgan fingerprint density at radius 1 is 1.32 bits per heavy atom. The molecule has 5 nitrogen and oxygen atoms in total. The van der Waals surface area contributed by atoms with Gasteiger partial charge in [-0.2, -0.15) is 5.10 Å². The summed E-state index contributed by atoms with van der Waals surface area (Å²) in [5.74, 6) is 0.457. The van der Waals surface area contributed by atoms with Crippen molar-refractivity contribution in [2.75, 3.05) is 19.3 Å². The fourth-order valence-electron chi connectivity index (χ4n) is 1.79. The monoisotopic (exact) mass is 258 g/mol. The summed E-state index contributed by atoms with van der Waals surface area (Å²) in [4.78, 5) is 13.7. The van der Waals surface area contributed by atoms with Gasteiger partial charge in [0.05, 0.1) is 0 Å². The zero-order valence-corrected chi connectivity index (χ0v) is 11.0. The van der Waals surface area contributed by atoms with Gasteiger partial charge in [-0.3, -0.25) is 9.48 Å². The molecule has 2 aromatic rings. The summed E-state index contributed by atoms with van der Waals surface area (Å²) >= 11 is 0. The van der Waals surface area contributed by atoms with Crippen molar-refractivity contribution in [3.05, 3.63) is 48.2 Å². The first kappa shape index (κ1) is 13.1. The molecule has 2 rings (SSSR count). The molecule has 0 unspecified atom stereocenters. The second kappa shape index (κ2) is 6.04. The Hall–Kier alpha value is -2.30. The van der Waals surface area contributed by atoms with Crippen molar-refractivity contribution in [1.29, 1.82) is 0 Å². The maximum absolute atomic E-state index is 12.0. The zero-order chi connectivity index (χ0) is 13.7. The smallest absolute Gasteiger partial charge is 0.244 e. The predicted molar refractivity (Wildman–Crippen MR) is 74.4 cm³/mol. The van der Waals surface area contributed by atoms with Gasteiger partial charge in [0.25, 0.3) is 0 Å². The van der Waals surface area contributed by atoms with Crippen molar-refractivity contribution in [1.82, 2.24) is 14.7 Å². The Bertz CT molecular complexity index is 535.